The van der Waals surface area contributed by atoms with E-state index >= 15 is 0 Å². The van der Waals surface area contributed by atoms with Crippen LogP contribution in [0.2, 0.25) is 0 Å². The molecule has 0 N–H and O–H groups in total. The van der Waals surface area contributed by atoms with Crippen LogP contribution < -0.4 is 0 Å². The van der Waals surface area contributed by atoms with Crippen LogP contribution in [-0.4, -0.2) is 27.6 Å². The van der Waals surface area contributed by atoms with E-state index in [1.165, 1.54) is 18.9 Å². The Balaban J connectivity index is 2.10. The van der Waals surface area contributed by atoms with Gasteiger partial charge in [-0.15, -0.1) is 0 Å². The fourth-order valence-corrected chi connectivity index (χ4v) is 2.03. The fourth-order valence-electron chi connectivity index (χ4n) is 2.03. The second kappa shape index (κ2) is 4.77. The minimum atomic E-state index is -0.484. The number of rotatable bonds is 2. The molecule has 0 atom stereocenters. The van der Waals surface area contributed by atoms with Gasteiger partial charge < -0.3 is 4.74 Å². The van der Waals surface area contributed by atoms with Crippen LogP contribution in [0.5, 0.6) is 0 Å². The van der Waals surface area contributed by atoms with Crippen molar-refractivity contribution in [2.45, 2.75) is 6.92 Å². The molecule has 2 aromatic heterocycles. The van der Waals surface area contributed by atoms with Crippen molar-refractivity contribution in [2.24, 2.45) is 0 Å². The molecule has 20 heavy (non-hydrogen) atoms. The van der Waals surface area contributed by atoms with Crippen molar-refractivity contribution >= 4 is 17.1 Å². The van der Waals surface area contributed by atoms with Gasteiger partial charge in [0.25, 0.3) is 0 Å². The normalized spacial score (nSPS) is 10.7. The average Bonchev–Trinajstić information content (AvgIpc) is 2.90. The fraction of sp³-hybridized carbons (Fsp3) is 0.133. The maximum atomic E-state index is 11.4. The van der Waals surface area contributed by atoms with Gasteiger partial charge in [-0.1, -0.05) is 17.7 Å². The summed E-state index contributed by atoms with van der Waals surface area (Å²) in [7, 11) is 1.33. The third kappa shape index (κ3) is 2.03. The van der Waals surface area contributed by atoms with Crippen LogP contribution in [-0.2, 0) is 4.74 Å². The molecule has 0 aliphatic carbocycles. The molecule has 0 aliphatic heterocycles. The lowest BCUT2D eigenvalue weighted by molar-refractivity contribution is 0.0594. The summed E-state index contributed by atoms with van der Waals surface area (Å²) in [5.41, 5.74) is 3.78. The maximum Gasteiger partial charge on any atom is 0.358 e. The molecule has 100 valence electrons. The number of carbonyl (C=O) groups is 1. The van der Waals surface area contributed by atoms with Gasteiger partial charge in [0.15, 0.2) is 11.3 Å². The van der Waals surface area contributed by atoms with Crippen LogP contribution in [0, 0.1) is 6.92 Å². The minimum absolute atomic E-state index is 0.210. The van der Waals surface area contributed by atoms with E-state index in [1.807, 2.05) is 48.0 Å². The molecule has 3 rings (SSSR count). The van der Waals surface area contributed by atoms with E-state index in [2.05, 4.69) is 14.7 Å². The molecule has 0 aliphatic rings. The van der Waals surface area contributed by atoms with Gasteiger partial charge in [-0.05, 0) is 25.1 Å². The number of hydrogen-bond donors (Lipinski definition) is 0. The van der Waals surface area contributed by atoms with Crippen LogP contribution in [0.3, 0.4) is 0 Å². The molecule has 0 radical (unpaired) electrons. The highest BCUT2D eigenvalue weighted by molar-refractivity contribution is 5.89. The Bertz CT molecular complexity index is 775. The number of carbonyl (C=O) groups excluding carboxylic acids is 1. The monoisotopic (exact) mass is 267 g/mol. The van der Waals surface area contributed by atoms with Crippen molar-refractivity contribution < 1.29 is 9.53 Å². The van der Waals surface area contributed by atoms with E-state index in [-0.39, 0.29) is 5.69 Å². The Labute approximate surface area is 115 Å². The first-order valence-corrected chi connectivity index (χ1v) is 6.18. The lowest BCUT2D eigenvalue weighted by Gasteiger charge is -2.05. The van der Waals surface area contributed by atoms with Crippen LogP contribution in [0.25, 0.3) is 16.9 Å². The second-order valence-electron chi connectivity index (χ2n) is 4.48. The van der Waals surface area contributed by atoms with Crippen LogP contribution in [0.15, 0.2) is 42.7 Å². The van der Waals surface area contributed by atoms with Gasteiger partial charge in [0.1, 0.15) is 5.52 Å². The van der Waals surface area contributed by atoms with Crippen LogP contribution in [0.1, 0.15) is 16.1 Å². The van der Waals surface area contributed by atoms with Crippen LogP contribution in [0.4, 0.5) is 0 Å². The Morgan fingerprint density at radius 1 is 1.20 bits per heavy atom. The van der Waals surface area contributed by atoms with Crippen molar-refractivity contribution in [1.82, 2.24) is 14.5 Å². The van der Waals surface area contributed by atoms with Crippen molar-refractivity contribution in [3.05, 3.63) is 54.0 Å². The highest BCUT2D eigenvalue weighted by Crippen LogP contribution is 2.18. The lowest BCUT2D eigenvalue weighted by Crippen LogP contribution is -2.05. The molecule has 2 heterocycles. The average molecular weight is 267 g/mol. The SMILES string of the molecule is COC(=O)c1cnc2c(ccn2-c2ccc(C)cc2)n1. The molecule has 5 heteroatoms. The van der Waals surface area contributed by atoms with Crippen LogP contribution >= 0.6 is 0 Å². The Morgan fingerprint density at radius 2 is 1.95 bits per heavy atom. The second-order valence-corrected chi connectivity index (χ2v) is 4.48. The summed E-state index contributed by atoms with van der Waals surface area (Å²) in [6.07, 6.45) is 3.31. The minimum Gasteiger partial charge on any atom is -0.464 e. The summed E-state index contributed by atoms with van der Waals surface area (Å²) in [4.78, 5) is 20.0. The molecule has 3 aromatic rings. The molecule has 0 saturated carbocycles. The third-order valence-corrected chi connectivity index (χ3v) is 3.10. The van der Waals surface area contributed by atoms with Crippen molar-refractivity contribution in [3.63, 3.8) is 0 Å². The largest absolute Gasteiger partial charge is 0.464 e. The van der Waals surface area contributed by atoms with Gasteiger partial charge in [-0.2, -0.15) is 0 Å². The molecule has 0 fully saturated rings. The number of esters is 1. The highest BCUT2D eigenvalue weighted by Gasteiger charge is 2.11. The Morgan fingerprint density at radius 3 is 2.65 bits per heavy atom. The summed E-state index contributed by atoms with van der Waals surface area (Å²) in [5.74, 6) is -0.484. The molecule has 5 nitrogen and oxygen atoms in total. The zero-order valence-electron chi connectivity index (χ0n) is 11.2. The van der Waals surface area contributed by atoms with E-state index in [1.54, 1.807) is 0 Å². The predicted molar refractivity (Wildman–Crippen MR) is 74.9 cm³/mol. The third-order valence-electron chi connectivity index (χ3n) is 3.10. The topological polar surface area (TPSA) is 57.0 Å². The molecular weight excluding hydrogens is 254 g/mol. The summed E-state index contributed by atoms with van der Waals surface area (Å²) in [6, 6.07) is 9.94. The van der Waals surface area contributed by atoms with Gasteiger partial charge in [0.2, 0.25) is 0 Å². The summed E-state index contributed by atoms with van der Waals surface area (Å²) in [6.45, 7) is 2.04. The highest BCUT2D eigenvalue weighted by atomic mass is 16.5. The van der Waals surface area contributed by atoms with E-state index < -0.39 is 5.97 Å². The van der Waals surface area contributed by atoms with Crippen molar-refractivity contribution in [1.29, 1.82) is 0 Å². The number of fused-ring (bicyclic) bond motifs is 1. The molecule has 0 saturated heterocycles. The first-order chi connectivity index (χ1) is 9.69. The molecule has 0 unspecified atom stereocenters. The van der Waals surface area contributed by atoms with E-state index in [0.717, 1.165) is 5.69 Å². The number of aromatic nitrogens is 3. The van der Waals surface area contributed by atoms with E-state index in [4.69, 9.17) is 0 Å². The zero-order chi connectivity index (χ0) is 14.1. The summed E-state index contributed by atoms with van der Waals surface area (Å²) < 4.78 is 6.57. The lowest BCUT2D eigenvalue weighted by atomic mass is 10.2. The van der Waals surface area contributed by atoms with E-state index in [9.17, 15) is 4.79 Å². The maximum absolute atomic E-state index is 11.4. The molecular formula is C15H13N3O2. The first kappa shape index (κ1) is 12.3. The number of ether oxygens (including phenoxy) is 1. The Hall–Kier alpha value is -2.69. The van der Waals surface area contributed by atoms with Gasteiger partial charge in [0.05, 0.1) is 13.3 Å². The quantitative estimate of drug-likeness (QED) is 0.669. The smallest absolute Gasteiger partial charge is 0.358 e. The van der Waals surface area contributed by atoms with Gasteiger partial charge in [0, 0.05) is 11.9 Å². The van der Waals surface area contributed by atoms with Crippen molar-refractivity contribution in [3.8, 4) is 5.69 Å². The van der Waals surface area contributed by atoms with Gasteiger partial charge in [-0.3, -0.25) is 4.57 Å². The standard InChI is InChI=1S/C15H13N3O2/c1-10-3-5-11(6-4-10)18-8-7-12-14(18)16-9-13(17-12)15(19)20-2/h3-9H,1-2H3. The summed E-state index contributed by atoms with van der Waals surface area (Å²) in [5, 5.41) is 0. The molecule has 0 bridgehead atoms. The number of methoxy groups -OCH3 is 1. The van der Waals surface area contributed by atoms with E-state index in [0.29, 0.717) is 11.2 Å². The number of aryl methyl sites for hydroxylation is 1. The predicted octanol–water partition coefficient (Wildman–Crippen LogP) is 2.52. The number of hydrogen-bond acceptors (Lipinski definition) is 4. The Kier molecular flexibility index (Phi) is 2.95. The number of benzene rings is 1. The van der Waals surface area contributed by atoms with Crippen molar-refractivity contribution in [2.75, 3.05) is 7.11 Å². The summed E-state index contributed by atoms with van der Waals surface area (Å²) >= 11 is 0. The molecule has 0 spiro atoms. The molecule has 0 amide bonds. The first-order valence-electron chi connectivity index (χ1n) is 6.18. The van der Waals surface area contributed by atoms with Gasteiger partial charge >= 0.3 is 5.97 Å². The molecule has 1 aromatic carbocycles. The van der Waals surface area contributed by atoms with Gasteiger partial charge in [-0.25, -0.2) is 14.8 Å². The zero-order valence-corrected chi connectivity index (χ0v) is 11.2. The number of nitrogens with zero attached hydrogens (tertiary/aromatic N) is 3.